The van der Waals surface area contributed by atoms with Crippen LogP contribution in [0.15, 0.2) is 50.9 Å². The predicted molar refractivity (Wildman–Crippen MR) is 107 cm³/mol. The summed E-state index contributed by atoms with van der Waals surface area (Å²) in [6.07, 6.45) is 1.52. The van der Waals surface area contributed by atoms with Gasteiger partial charge in [0.15, 0.2) is 0 Å². The van der Waals surface area contributed by atoms with Crippen molar-refractivity contribution in [3.8, 4) is 17.4 Å². The van der Waals surface area contributed by atoms with Gasteiger partial charge >= 0.3 is 0 Å². The van der Waals surface area contributed by atoms with E-state index in [1.54, 1.807) is 11.0 Å². The van der Waals surface area contributed by atoms with Crippen molar-refractivity contribution < 1.29 is 9.21 Å². The van der Waals surface area contributed by atoms with Crippen LogP contribution in [-0.2, 0) is 4.79 Å². The van der Waals surface area contributed by atoms with E-state index < -0.39 is 0 Å². The smallest absolute Gasteiger partial charge is 0.264 e. The Kier molecular flexibility index (Phi) is 7.04. The topological polar surface area (TPSA) is 60.5 Å². The monoisotopic (exact) mass is 435 g/mol. The predicted octanol–water partition coefficient (Wildman–Crippen LogP) is 3.81. The summed E-state index contributed by atoms with van der Waals surface area (Å²) in [5.41, 5.74) is 1.04. The zero-order valence-electron chi connectivity index (χ0n) is 14.3. The van der Waals surface area contributed by atoms with Crippen LogP contribution in [0.5, 0.6) is 0 Å². The Bertz CT molecular complexity index is 831. The number of likely N-dealkylation sites (N-methyl/N-ethyl adjacent to an activating group) is 1. The molecule has 0 spiro atoms. The second-order valence-electron chi connectivity index (χ2n) is 5.97. The fourth-order valence-electron chi connectivity index (χ4n) is 2.66. The molecule has 0 N–H and O–H groups in total. The van der Waals surface area contributed by atoms with E-state index in [2.05, 4.69) is 20.8 Å². The molecule has 1 aromatic heterocycles. The molecule has 0 saturated carbocycles. The van der Waals surface area contributed by atoms with Gasteiger partial charge in [-0.15, -0.1) is 12.4 Å². The second-order valence-corrected chi connectivity index (χ2v) is 6.89. The van der Waals surface area contributed by atoms with Gasteiger partial charge in [-0.3, -0.25) is 4.79 Å². The molecule has 0 radical (unpaired) electrons. The van der Waals surface area contributed by atoms with Crippen molar-refractivity contribution in [3.63, 3.8) is 0 Å². The number of hydrogen-bond acceptors (Lipinski definition) is 4. The van der Waals surface area contributed by atoms with Crippen molar-refractivity contribution in [2.45, 2.75) is 0 Å². The highest BCUT2D eigenvalue weighted by molar-refractivity contribution is 9.10. The van der Waals surface area contributed by atoms with E-state index in [4.69, 9.17) is 4.42 Å². The summed E-state index contributed by atoms with van der Waals surface area (Å²) < 4.78 is 6.77. The molecule has 7 heteroatoms. The maximum Gasteiger partial charge on any atom is 0.264 e. The first kappa shape index (κ1) is 20.2. The third-order valence-electron chi connectivity index (χ3n) is 4.18. The van der Waals surface area contributed by atoms with Gasteiger partial charge in [0.05, 0.1) is 0 Å². The number of rotatable bonds is 3. The van der Waals surface area contributed by atoms with Crippen molar-refractivity contribution in [1.29, 1.82) is 5.26 Å². The maximum atomic E-state index is 12.5. The van der Waals surface area contributed by atoms with Gasteiger partial charge in [-0.2, -0.15) is 5.26 Å². The van der Waals surface area contributed by atoms with Crippen LogP contribution in [0.1, 0.15) is 5.76 Å². The summed E-state index contributed by atoms with van der Waals surface area (Å²) in [4.78, 5) is 16.4. The van der Waals surface area contributed by atoms with Gasteiger partial charge in [0.25, 0.3) is 5.91 Å². The molecule has 2 heterocycles. The van der Waals surface area contributed by atoms with Crippen molar-refractivity contribution in [2.75, 3.05) is 33.2 Å². The molecule has 26 heavy (non-hydrogen) atoms. The third-order valence-corrected chi connectivity index (χ3v) is 4.71. The molecule has 3 rings (SSSR count). The number of nitrogens with zero attached hydrogens (tertiary/aromatic N) is 3. The molecule has 1 aliphatic heterocycles. The molecule has 2 aromatic rings. The minimum Gasteiger partial charge on any atom is -0.457 e. The third kappa shape index (κ3) is 4.76. The Morgan fingerprint density at radius 2 is 1.81 bits per heavy atom. The summed E-state index contributed by atoms with van der Waals surface area (Å²) in [6, 6.07) is 13.4. The van der Waals surface area contributed by atoms with Crippen molar-refractivity contribution in [3.05, 3.63) is 52.2 Å². The Balaban J connectivity index is 0.00000243. The summed E-state index contributed by atoms with van der Waals surface area (Å²) in [5, 5.41) is 9.37. The first-order valence-electron chi connectivity index (χ1n) is 8.02. The normalized spacial score (nSPS) is 15.3. The second kappa shape index (κ2) is 9.04. The Hall–Kier alpha value is -2.07. The first-order chi connectivity index (χ1) is 12.1. The zero-order chi connectivity index (χ0) is 17.8. The largest absolute Gasteiger partial charge is 0.457 e. The van der Waals surface area contributed by atoms with Crippen LogP contribution in [0, 0.1) is 11.3 Å². The molecule has 1 aromatic carbocycles. The van der Waals surface area contributed by atoms with E-state index in [9.17, 15) is 10.1 Å². The van der Waals surface area contributed by atoms with Crippen LogP contribution in [0.2, 0.25) is 0 Å². The van der Waals surface area contributed by atoms with Gasteiger partial charge in [-0.25, -0.2) is 0 Å². The number of nitriles is 1. The van der Waals surface area contributed by atoms with Crippen LogP contribution in [-0.4, -0.2) is 48.9 Å². The lowest BCUT2D eigenvalue weighted by atomic mass is 10.2. The lowest BCUT2D eigenvalue weighted by molar-refractivity contribution is -0.128. The highest BCUT2D eigenvalue weighted by Crippen LogP contribution is 2.25. The van der Waals surface area contributed by atoms with E-state index >= 15 is 0 Å². The molecule has 136 valence electrons. The van der Waals surface area contributed by atoms with Gasteiger partial charge in [-0.1, -0.05) is 28.1 Å². The van der Waals surface area contributed by atoms with Crippen molar-refractivity contribution >= 4 is 40.3 Å². The average Bonchev–Trinajstić information content (AvgIpc) is 3.09. The number of halogens is 2. The molecular formula is C19H19BrClN3O2. The van der Waals surface area contributed by atoms with Gasteiger partial charge in [0.1, 0.15) is 23.2 Å². The van der Waals surface area contributed by atoms with Crippen molar-refractivity contribution in [1.82, 2.24) is 9.80 Å². The Morgan fingerprint density at radius 1 is 1.15 bits per heavy atom. The molecule has 0 unspecified atom stereocenters. The lowest BCUT2D eigenvalue weighted by Gasteiger charge is -2.32. The standard InChI is InChI=1S/C19H18BrN3O2.ClH/c1-22-8-10-23(11-9-22)19(24)15(13-21)12-17-6-7-18(25-17)14-2-4-16(20)5-3-14;/h2-7,12H,8-11H2,1H3;1H. The minimum absolute atomic E-state index is 0. The van der Waals surface area contributed by atoms with Crippen LogP contribution in [0.25, 0.3) is 17.4 Å². The molecule has 0 aliphatic carbocycles. The number of carbonyl (C=O) groups is 1. The molecule has 1 amide bonds. The molecule has 0 bridgehead atoms. The molecule has 1 saturated heterocycles. The highest BCUT2D eigenvalue weighted by atomic mass is 79.9. The molecule has 1 aliphatic rings. The molecular weight excluding hydrogens is 418 g/mol. The van der Waals surface area contributed by atoms with E-state index in [0.29, 0.717) is 24.6 Å². The summed E-state index contributed by atoms with van der Waals surface area (Å²) >= 11 is 3.40. The van der Waals surface area contributed by atoms with E-state index in [1.165, 1.54) is 6.08 Å². The van der Waals surface area contributed by atoms with Crippen LogP contribution >= 0.6 is 28.3 Å². The van der Waals surface area contributed by atoms with Crippen LogP contribution < -0.4 is 0 Å². The van der Waals surface area contributed by atoms with E-state index in [-0.39, 0.29) is 23.9 Å². The highest BCUT2D eigenvalue weighted by Gasteiger charge is 2.22. The molecule has 1 fully saturated rings. The Morgan fingerprint density at radius 3 is 2.42 bits per heavy atom. The number of benzene rings is 1. The number of carbonyl (C=O) groups excluding carboxylic acids is 1. The van der Waals surface area contributed by atoms with Gasteiger partial charge < -0.3 is 14.2 Å². The fraction of sp³-hybridized carbons (Fsp3) is 0.263. The number of furan rings is 1. The van der Waals surface area contributed by atoms with E-state index in [1.807, 2.05) is 43.4 Å². The number of piperazine rings is 1. The summed E-state index contributed by atoms with van der Waals surface area (Å²) in [7, 11) is 2.02. The SMILES string of the molecule is CN1CCN(C(=O)C(C#N)=Cc2ccc(-c3ccc(Br)cc3)o2)CC1.Cl. The zero-order valence-corrected chi connectivity index (χ0v) is 16.7. The molecule has 5 nitrogen and oxygen atoms in total. The van der Waals surface area contributed by atoms with Crippen LogP contribution in [0.4, 0.5) is 0 Å². The first-order valence-corrected chi connectivity index (χ1v) is 8.81. The summed E-state index contributed by atoms with van der Waals surface area (Å²) in [5.74, 6) is 0.956. The number of amides is 1. The van der Waals surface area contributed by atoms with Gasteiger partial charge in [0, 0.05) is 42.3 Å². The quantitative estimate of drug-likeness (QED) is 0.542. The summed E-state index contributed by atoms with van der Waals surface area (Å²) in [6.45, 7) is 2.91. The Labute approximate surface area is 167 Å². The average molecular weight is 437 g/mol. The minimum atomic E-state index is -0.239. The van der Waals surface area contributed by atoms with Gasteiger partial charge in [-0.05, 0) is 31.3 Å². The van der Waals surface area contributed by atoms with Crippen LogP contribution in [0.3, 0.4) is 0 Å². The van der Waals surface area contributed by atoms with Crippen molar-refractivity contribution in [2.24, 2.45) is 0 Å². The van der Waals surface area contributed by atoms with Gasteiger partial charge in [0.2, 0.25) is 0 Å². The molecule has 0 atom stereocenters. The maximum absolute atomic E-state index is 12.5. The fourth-order valence-corrected chi connectivity index (χ4v) is 2.93. The van der Waals surface area contributed by atoms with E-state index in [0.717, 1.165) is 23.1 Å². The lowest BCUT2D eigenvalue weighted by Crippen LogP contribution is -2.47. The number of hydrogen-bond donors (Lipinski definition) is 0.